The fourth-order valence-corrected chi connectivity index (χ4v) is 3.34. The number of carbonyl (C=O) groups is 1. The molecule has 1 aliphatic heterocycles. The number of aromatic nitrogens is 2. The zero-order chi connectivity index (χ0) is 18.5. The summed E-state index contributed by atoms with van der Waals surface area (Å²) in [6, 6.07) is 4.61. The lowest BCUT2D eigenvalue weighted by atomic mass is 9.87. The molecule has 26 heavy (non-hydrogen) atoms. The highest BCUT2D eigenvalue weighted by molar-refractivity contribution is 6.30. The number of ether oxygens (including phenoxy) is 1. The molecule has 3 atom stereocenters. The van der Waals surface area contributed by atoms with Gasteiger partial charge < -0.3 is 15.8 Å². The fourth-order valence-electron chi connectivity index (χ4n) is 3.22. The molecule has 134 valence electrons. The third kappa shape index (κ3) is 2.86. The van der Waals surface area contributed by atoms with Crippen LogP contribution in [-0.2, 0) is 10.3 Å². The molecule has 0 spiro atoms. The van der Waals surface area contributed by atoms with Gasteiger partial charge in [0, 0.05) is 17.7 Å². The van der Waals surface area contributed by atoms with Gasteiger partial charge in [0.15, 0.2) is 0 Å². The standard InChI is InChI=1S/C17H15ClFN5O2/c1-17(10-5-13(10)26-16(20)24-17)11-4-9(7-22-14(11)19)23-15(25)12-3-2-8(18)6-21-12/h2-4,6-7,10,13H,5H2,1H3,(H2,20,24)(H,23,25)/t10-,13+,17+/m0/s1. The van der Waals surface area contributed by atoms with Crippen LogP contribution in [0.3, 0.4) is 0 Å². The average molecular weight is 376 g/mol. The smallest absolute Gasteiger partial charge is 0.283 e. The lowest BCUT2D eigenvalue weighted by Crippen LogP contribution is -2.36. The zero-order valence-electron chi connectivity index (χ0n) is 13.7. The topological polar surface area (TPSA) is 102 Å². The van der Waals surface area contributed by atoms with Crippen molar-refractivity contribution < 1.29 is 13.9 Å². The second kappa shape index (κ2) is 5.91. The molecular formula is C17H15ClFN5O2. The molecule has 1 amide bonds. The van der Waals surface area contributed by atoms with Crippen molar-refractivity contribution in [2.75, 3.05) is 5.32 Å². The summed E-state index contributed by atoms with van der Waals surface area (Å²) in [5.41, 5.74) is 5.61. The summed E-state index contributed by atoms with van der Waals surface area (Å²) in [7, 11) is 0. The normalized spacial score (nSPS) is 26.3. The second-order valence-corrected chi connectivity index (χ2v) is 6.91. The van der Waals surface area contributed by atoms with Gasteiger partial charge in [-0.05, 0) is 31.5 Å². The third-order valence-electron chi connectivity index (χ3n) is 4.67. The van der Waals surface area contributed by atoms with Gasteiger partial charge in [0.2, 0.25) is 5.95 Å². The van der Waals surface area contributed by atoms with E-state index in [-0.39, 0.29) is 29.3 Å². The molecule has 2 aromatic heterocycles. The molecule has 0 saturated heterocycles. The number of halogens is 2. The monoisotopic (exact) mass is 375 g/mol. The number of carbonyl (C=O) groups excluding carboxylic acids is 1. The van der Waals surface area contributed by atoms with Crippen LogP contribution in [0.4, 0.5) is 10.1 Å². The average Bonchev–Trinajstić information content (AvgIpc) is 3.37. The van der Waals surface area contributed by atoms with Gasteiger partial charge in [-0.15, -0.1) is 0 Å². The van der Waals surface area contributed by atoms with Crippen molar-refractivity contribution in [1.82, 2.24) is 9.97 Å². The van der Waals surface area contributed by atoms with Crippen LogP contribution >= 0.6 is 11.6 Å². The van der Waals surface area contributed by atoms with Gasteiger partial charge in [-0.3, -0.25) is 4.79 Å². The van der Waals surface area contributed by atoms with Gasteiger partial charge in [-0.1, -0.05) is 11.6 Å². The molecule has 0 unspecified atom stereocenters. The van der Waals surface area contributed by atoms with E-state index in [2.05, 4.69) is 20.3 Å². The quantitative estimate of drug-likeness (QED) is 0.802. The molecule has 2 aromatic rings. The Morgan fingerprint density at radius 3 is 2.96 bits per heavy atom. The highest BCUT2D eigenvalue weighted by Gasteiger charge is 2.57. The Kier molecular flexibility index (Phi) is 3.80. The van der Waals surface area contributed by atoms with Crippen molar-refractivity contribution in [1.29, 1.82) is 0 Å². The Balaban J connectivity index is 1.64. The highest BCUT2D eigenvalue weighted by Crippen LogP contribution is 2.53. The summed E-state index contributed by atoms with van der Waals surface area (Å²) >= 11 is 5.77. The number of fused-ring (bicyclic) bond motifs is 1. The van der Waals surface area contributed by atoms with E-state index >= 15 is 0 Å². The highest BCUT2D eigenvalue weighted by atomic mass is 35.5. The van der Waals surface area contributed by atoms with E-state index in [1.807, 2.05) is 0 Å². The van der Waals surface area contributed by atoms with Crippen molar-refractivity contribution in [2.45, 2.75) is 25.0 Å². The van der Waals surface area contributed by atoms with Gasteiger partial charge in [0.05, 0.1) is 22.4 Å². The van der Waals surface area contributed by atoms with Crippen LogP contribution in [-0.4, -0.2) is 28.0 Å². The number of anilines is 1. The third-order valence-corrected chi connectivity index (χ3v) is 4.89. The van der Waals surface area contributed by atoms with Crippen LogP contribution in [0, 0.1) is 11.9 Å². The first-order chi connectivity index (χ1) is 12.4. The van der Waals surface area contributed by atoms with Gasteiger partial charge in [0.1, 0.15) is 11.8 Å². The SMILES string of the molecule is C[C@@]1(c2cc(NC(=O)c3ccc(Cl)cn3)cnc2F)N=C(N)O[C@@H]2C[C@@H]21. The largest absolute Gasteiger partial charge is 0.462 e. The summed E-state index contributed by atoms with van der Waals surface area (Å²) in [5.74, 6) is -1.08. The molecule has 1 saturated carbocycles. The number of amidine groups is 1. The second-order valence-electron chi connectivity index (χ2n) is 6.47. The maximum absolute atomic E-state index is 14.4. The summed E-state index contributed by atoms with van der Waals surface area (Å²) in [6.45, 7) is 1.79. The molecule has 4 rings (SSSR count). The molecule has 7 nitrogen and oxygen atoms in total. The van der Waals surface area contributed by atoms with Crippen LogP contribution in [0.25, 0.3) is 0 Å². The molecule has 9 heteroatoms. The van der Waals surface area contributed by atoms with E-state index in [4.69, 9.17) is 22.1 Å². The maximum Gasteiger partial charge on any atom is 0.283 e. The van der Waals surface area contributed by atoms with Crippen molar-refractivity contribution in [3.8, 4) is 0 Å². The zero-order valence-corrected chi connectivity index (χ0v) is 14.5. The Bertz CT molecular complexity index is 920. The van der Waals surface area contributed by atoms with E-state index in [0.29, 0.717) is 10.7 Å². The predicted octanol–water partition coefficient (Wildman–Crippen LogP) is 2.47. The first kappa shape index (κ1) is 16.7. The molecule has 1 fully saturated rings. The molecule has 0 radical (unpaired) electrons. The van der Waals surface area contributed by atoms with E-state index in [1.165, 1.54) is 24.5 Å². The minimum Gasteiger partial charge on any atom is -0.462 e. The Morgan fingerprint density at radius 1 is 1.42 bits per heavy atom. The lowest BCUT2D eigenvalue weighted by molar-refractivity contribution is 0.102. The van der Waals surface area contributed by atoms with Crippen molar-refractivity contribution >= 4 is 29.2 Å². The lowest BCUT2D eigenvalue weighted by Gasteiger charge is -2.30. The van der Waals surface area contributed by atoms with E-state index in [1.54, 1.807) is 13.0 Å². The Hall–Kier alpha value is -2.74. The predicted molar refractivity (Wildman–Crippen MR) is 93.3 cm³/mol. The van der Waals surface area contributed by atoms with Gasteiger partial charge >= 0.3 is 0 Å². The molecule has 0 aromatic carbocycles. The van der Waals surface area contributed by atoms with Crippen LogP contribution in [0.15, 0.2) is 35.6 Å². The molecule has 3 heterocycles. The summed E-state index contributed by atoms with van der Waals surface area (Å²) < 4.78 is 19.8. The first-order valence-corrected chi connectivity index (χ1v) is 8.35. The molecule has 3 N–H and O–H groups in total. The molecule has 2 aliphatic rings. The van der Waals surface area contributed by atoms with Crippen molar-refractivity contribution in [2.24, 2.45) is 16.6 Å². The van der Waals surface area contributed by atoms with Crippen LogP contribution in [0.2, 0.25) is 5.02 Å². The first-order valence-electron chi connectivity index (χ1n) is 7.98. The summed E-state index contributed by atoms with van der Waals surface area (Å²) in [6.07, 6.45) is 3.30. The number of nitrogens with one attached hydrogen (secondary N) is 1. The van der Waals surface area contributed by atoms with Crippen molar-refractivity contribution in [3.05, 3.63) is 52.8 Å². The Labute approximate surface area is 153 Å². The molecule has 0 bridgehead atoms. The number of hydrogen-bond acceptors (Lipinski definition) is 6. The number of pyridine rings is 2. The van der Waals surface area contributed by atoms with Gasteiger partial charge in [0.25, 0.3) is 11.9 Å². The van der Waals surface area contributed by atoms with Crippen LogP contribution in [0.1, 0.15) is 29.4 Å². The van der Waals surface area contributed by atoms with E-state index < -0.39 is 17.4 Å². The van der Waals surface area contributed by atoms with Crippen LogP contribution < -0.4 is 11.1 Å². The maximum atomic E-state index is 14.4. The number of hydrogen-bond donors (Lipinski definition) is 2. The minimum atomic E-state index is -0.886. The number of nitrogens with two attached hydrogens (primary N) is 1. The Morgan fingerprint density at radius 2 is 2.23 bits per heavy atom. The number of aliphatic imine (C=N–C) groups is 1. The van der Waals surface area contributed by atoms with Gasteiger partial charge in [-0.2, -0.15) is 4.39 Å². The van der Waals surface area contributed by atoms with Gasteiger partial charge in [-0.25, -0.2) is 15.0 Å². The number of rotatable bonds is 3. The minimum absolute atomic E-state index is 0.0231. The summed E-state index contributed by atoms with van der Waals surface area (Å²) in [4.78, 5) is 24.3. The molecule has 1 aliphatic carbocycles. The summed E-state index contributed by atoms with van der Waals surface area (Å²) in [5, 5.41) is 3.08. The van der Waals surface area contributed by atoms with E-state index in [9.17, 15) is 9.18 Å². The van der Waals surface area contributed by atoms with E-state index in [0.717, 1.165) is 6.42 Å². The number of amides is 1. The number of nitrogens with zero attached hydrogens (tertiary/aromatic N) is 3. The van der Waals surface area contributed by atoms with Crippen molar-refractivity contribution in [3.63, 3.8) is 0 Å². The fraction of sp³-hybridized carbons (Fsp3) is 0.294. The van der Waals surface area contributed by atoms with Crippen LogP contribution in [0.5, 0.6) is 0 Å². The molecular weight excluding hydrogens is 361 g/mol.